The molecule has 2 aliphatic rings. The van der Waals surface area contributed by atoms with Crippen LogP contribution in [0.5, 0.6) is 0 Å². The fourth-order valence-electron chi connectivity index (χ4n) is 6.84. The minimum Gasteiger partial charge on any atom is -0.265 e. The number of hydrazone groups is 1. The van der Waals surface area contributed by atoms with E-state index in [4.69, 9.17) is 5.10 Å². The second kappa shape index (κ2) is 13.1. The summed E-state index contributed by atoms with van der Waals surface area (Å²) in [6.07, 6.45) is -1.34. The highest BCUT2D eigenvalue weighted by atomic mass is 19.4. The number of alkyl halides is 3. The third-order valence-electron chi connectivity index (χ3n) is 9.36. The van der Waals surface area contributed by atoms with Gasteiger partial charge in [-0.25, -0.2) is 14.5 Å². The number of fused-ring (bicyclic) bond motifs is 2. The maximum atomic E-state index is 14.5. The van der Waals surface area contributed by atoms with Crippen LogP contribution < -0.4 is 0 Å². The average molecular weight is 710 g/mol. The van der Waals surface area contributed by atoms with Crippen LogP contribution >= 0.6 is 0 Å². The second-order valence-electron chi connectivity index (χ2n) is 13.1. The number of halogens is 3. The number of benzene rings is 3. The van der Waals surface area contributed by atoms with Gasteiger partial charge in [0.25, 0.3) is 17.3 Å². The molecule has 0 N–H and O–H groups in total. The number of nitrogens with zero attached hydrogens (tertiary/aromatic N) is 7. The number of non-ortho nitro benzene ring substituents is 2. The molecule has 12 nitrogen and oxygen atoms in total. The molecular formula is C37H30F3N7O5. The molecule has 5 aromatic rings. The third kappa shape index (κ3) is 6.40. The summed E-state index contributed by atoms with van der Waals surface area (Å²) in [6, 6.07) is 20.1. The van der Waals surface area contributed by atoms with Crippen LogP contribution in [-0.4, -0.2) is 41.1 Å². The fourth-order valence-corrected chi connectivity index (χ4v) is 6.84. The Morgan fingerprint density at radius 3 is 2.31 bits per heavy atom. The molecule has 0 spiro atoms. The predicted molar refractivity (Wildman–Crippen MR) is 185 cm³/mol. The number of hydrogen-bond acceptors (Lipinski definition) is 8. The van der Waals surface area contributed by atoms with Gasteiger partial charge in [0.15, 0.2) is 17.0 Å². The van der Waals surface area contributed by atoms with E-state index in [0.717, 1.165) is 16.6 Å². The van der Waals surface area contributed by atoms with Gasteiger partial charge >= 0.3 is 6.18 Å². The van der Waals surface area contributed by atoms with Crippen LogP contribution in [0.25, 0.3) is 23.0 Å². The van der Waals surface area contributed by atoms with Crippen LogP contribution in [0.1, 0.15) is 77.9 Å². The second-order valence-corrected chi connectivity index (χ2v) is 13.1. The van der Waals surface area contributed by atoms with Gasteiger partial charge in [0.2, 0.25) is 0 Å². The summed E-state index contributed by atoms with van der Waals surface area (Å²) in [4.78, 5) is 40.9. The SMILES string of the molecule is CC(C)c1ccc(-c2cc(C(F)(F)F)n3nc(C(=O)N4N=C5/C(=C\c6cccc([N+](=O)[O-])c6)CCC[C@@H]5[C@H]4c4cccc([N+](=O)[O-])c4)cc3n2)cc1. The van der Waals surface area contributed by atoms with Gasteiger partial charge in [0.1, 0.15) is 0 Å². The first-order valence-corrected chi connectivity index (χ1v) is 16.5. The van der Waals surface area contributed by atoms with Crippen molar-refractivity contribution in [1.82, 2.24) is 19.6 Å². The Balaban J connectivity index is 1.34. The minimum atomic E-state index is -4.85. The van der Waals surface area contributed by atoms with Crippen molar-refractivity contribution in [3.8, 4) is 11.3 Å². The Morgan fingerprint density at radius 2 is 1.63 bits per heavy atom. The summed E-state index contributed by atoms with van der Waals surface area (Å²) < 4.78 is 44.0. The van der Waals surface area contributed by atoms with Gasteiger partial charge in [-0.3, -0.25) is 25.0 Å². The van der Waals surface area contributed by atoms with E-state index in [9.17, 15) is 38.2 Å². The lowest BCUT2D eigenvalue weighted by Crippen LogP contribution is -2.32. The standard InChI is InChI=1S/C37H30F3N7O5/c1-21(2)23-12-14-24(15-13-23)30-19-32(37(38,39)40)44-33(41-30)20-31(42-44)36(48)45-35(26-8-4-10-28(18-26)47(51)52)29-11-5-7-25(34(29)43-45)16-22-6-3-9-27(17-22)46(49)50/h3-4,6,8-10,12-21,29,35H,5,7,11H2,1-2H3/b25-16-/t29-,35+/m0/s1. The van der Waals surface area contributed by atoms with Crippen molar-refractivity contribution < 1.29 is 27.8 Å². The monoisotopic (exact) mass is 709 g/mol. The van der Waals surface area contributed by atoms with Crippen molar-refractivity contribution in [2.75, 3.05) is 0 Å². The number of allylic oxidation sites excluding steroid dienone is 1. The Labute approximate surface area is 294 Å². The molecule has 1 aliphatic heterocycles. The Hall–Kier alpha value is -6.25. The number of aromatic nitrogens is 3. The summed E-state index contributed by atoms with van der Waals surface area (Å²) in [7, 11) is 0. The van der Waals surface area contributed by atoms with Gasteiger partial charge < -0.3 is 0 Å². The maximum absolute atomic E-state index is 14.5. The van der Waals surface area contributed by atoms with E-state index >= 15 is 0 Å². The molecule has 3 heterocycles. The number of nitro groups is 2. The highest BCUT2D eigenvalue weighted by Gasteiger charge is 2.45. The number of rotatable bonds is 7. The van der Waals surface area contributed by atoms with Gasteiger partial charge in [0, 0.05) is 41.8 Å². The van der Waals surface area contributed by atoms with Crippen molar-refractivity contribution in [3.63, 3.8) is 0 Å². The van der Waals surface area contributed by atoms with E-state index in [1.165, 1.54) is 36.4 Å². The molecule has 3 aromatic carbocycles. The van der Waals surface area contributed by atoms with E-state index in [-0.39, 0.29) is 34.3 Å². The van der Waals surface area contributed by atoms with E-state index in [0.29, 0.717) is 51.8 Å². The number of amides is 1. The molecule has 15 heteroatoms. The largest absolute Gasteiger partial charge is 0.433 e. The van der Waals surface area contributed by atoms with Gasteiger partial charge in [-0.05, 0) is 59.6 Å². The summed E-state index contributed by atoms with van der Waals surface area (Å²) in [6.45, 7) is 4.01. The molecule has 0 unspecified atom stereocenters. The van der Waals surface area contributed by atoms with E-state index in [1.807, 2.05) is 26.0 Å². The predicted octanol–water partition coefficient (Wildman–Crippen LogP) is 8.79. The zero-order chi connectivity index (χ0) is 36.9. The first-order chi connectivity index (χ1) is 24.8. The van der Waals surface area contributed by atoms with Crippen molar-refractivity contribution >= 4 is 34.7 Å². The lowest BCUT2D eigenvalue weighted by atomic mass is 9.77. The van der Waals surface area contributed by atoms with Gasteiger partial charge in [0.05, 0.1) is 27.3 Å². The van der Waals surface area contributed by atoms with Crippen LogP contribution in [0.4, 0.5) is 24.5 Å². The summed E-state index contributed by atoms with van der Waals surface area (Å²) in [5.74, 6) is -1.05. The molecule has 2 aromatic heterocycles. The van der Waals surface area contributed by atoms with Gasteiger partial charge in [-0.2, -0.15) is 23.4 Å². The first-order valence-electron chi connectivity index (χ1n) is 16.5. The quantitative estimate of drug-likeness (QED) is 0.121. The van der Waals surface area contributed by atoms with Gasteiger partial charge in [-0.15, -0.1) is 0 Å². The van der Waals surface area contributed by atoms with Crippen LogP contribution in [0, 0.1) is 26.1 Å². The summed E-state index contributed by atoms with van der Waals surface area (Å²) in [5, 5.41) is 33.1. The van der Waals surface area contributed by atoms with E-state index in [1.54, 1.807) is 36.4 Å². The molecule has 0 saturated heterocycles. The molecule has 1 saturated carbocycles. The molecular weight excluding hydrogens is 679 g/mol. The smallest absolute Gasteiger partial charge is 0.265 e. The van der Waals surface area contributed by atoms with E-state index in [2.05, 4.69) is 10.1 Å². The van der Waals surface area contributed by atoms with Gasteiger partial charge in [-0.1, -0.05) is 62.4 Å². The molecule has 0 bridgehead atoms. The lowest BCUT2D eigenvalue weighted by Gasteiger charge is -2.29. The Morgan fingerprint density at radius 1 is 0.942 bits per heavy atom. The molecule has 7 rings (SSSR count). The summed E-state index contributed by atoms with van der Waals surface area (Å²) in [5.41, 5.74) is 1.69. The molecule has 1 fully saturated rings. The zero-order valence-electron chi connectivity index (χ0n) is 27.8. The number of hydrogen-bond donors (Lipinski definition) is 0. The van der Waals surface area contributed by atoms with E-state index < -0.39 is 39.6 Å². The van der Waals surface area contributed by atoms with Crippen molar-refractivity contribution in [2.45, 2.75) is 51.2 Å². The molecule has 1 amide bonds. The summed E-state index contributed by atoms with van der Waals surface area (Å²) >= 11 is 0. The molecule has 0 radical (unpaired) electrons. The maximum Gasteiger partial charge on any atom is 0.433 e. The molecule has 1 aliphatic carbocycles. The average Bonchev–Trinajstić information content (AvgIpc) is 3.73. The molecule has 52 heavy (non-hydrogen) atoms. The zero-order valence-corrected chi connectivity index (χ0v) is 27.8. The van der Waals surface area contributed by atoms with Crippen molar-refractivity contribution in [2.24, 2.45) is 11.0 Å². The highest BCUT2D eigenvalue weighted by molar-refractivity contribution is 6.09. The number of nitro benzene ring substituents is 2. The lowest BCUT2D eigenvalue weighted by molar-refractivity contribution is -0.385. The Kier molecular flexibility index (Phi) is 8.64. The minimum absolute atomic E-state index is 0.0480. The first kappa shape index (κ1) is 34.2. The van der Waals surface area contributed by atoms with Crippen molar-refractivity contribution in [3.05, 3.63) is 139 Å². The molecule has 2 atom stereocenters. The Bertz CT molecular complexity index is 2310. The van der Waals surface area contributed by atoms with Crippen LogP contribution in [0.2, 0.25) is 0 Å². The fraction of sp³-hybridized carbons (Fsp3) is 0.243. The molecule has 264 valence electrons. The number of carbonyl (C=O) groups is 1. The topological polar surface area (TPSA) is 149 Å². The van der Waals surface area contributed by atoms with Crippen molar-refractivity contribution in [1.29, 1.82) is 0 Å². The van der Waals surface area contributed by atoms with Crippen LogP contribution in [0.15, 0.2) is 95.6 Å². The number of carbonyl (C=O) groups excluding carboxylic acids is 1. The third-order valence-corrected chi connectivity index (χ3v) is 9.36. The normalized spacial score (nSPS) is 18.2. The van der Waals surface area contributed by atoms with Crippen LogP contribution in [0.3, 0.4) is 0 Å². The van der Waals surface area contributed by atoms with Crippen LogP contribution in [-0.2, 0) is 6.18 Å². The highest BCUT2D eigenvalue weighted by Crippen LogP contribution is 2.45.